The van der Waals surface area contributed by atoms with Gasteiger partial charge in [-0.1, -0.05) is 6.07 Å². The fourth-order valence-corrected chi connectivity index (χ4v) is 3.78. The monoisotopic (exact) mass is 371 g/mol. The van der Waals surface area contributed by atoms with Gasteiger partial charge in [0.05, 0.1) is 24.8 Å². The molecule has 0 bridgehead atoms. The van der Waals surface area contributed by atoms with Gasteiger partial charge in [-0.15, -0.1) is 0 Å². The molecule has 142 valence electrons. The molecule has 8 heteroatoms. The van der Waals surface area contributed by atoms with Gasteiger partial charge in [-0.25, -0.2) is 5.06 Å². The molecule has 1 aromatic carbocycles. The summed E-state index contributed by atoms with van der Waals surface area (Å²) in [4.78, 5) is 18.7. The minimum atomic E-state index is -4.43. The minimum absolute atomic E-state index is 0.0432. The summed E-state index contributed by atoms with van der Waals surface area (Å²) >= 11 is 0. The van der Waals surface area contributed by atoms with Crippen LogP contribution in [0, 0.1) is 5.92 Å². The molecule has 1 aliphatic carbocycles. The second kappa shape index (κ2) is 6.21. The molecule has 1 amide bonds. The number of aliphatic hydroxyl groups is 1. The van der Waals surface area contributed by atoms with Crippen molar-refractivity contribution in [3.63, 3.8) is 0 Å². The molecule has 4 rings (SSSR count). The van der Waals surface area contributed by atoms with Crippen molar-refractivity contribution < 1.29 is 32.6 Å². The molecule has 3 aliphatic rings. The number of alkyl halides is 3. The Labute approximate surface area is 148 Å². The fraction of sp³-hybridized carbons (Fsp3) is 0.611. The fourth-order valence-electron chi connectivity index (χ4n) is 3.78. The lowest BCUT2D eigenvalue weighted by molar-refractivity contribution is -0.232. The maximum absolute atomic E-state index is 13.1. The number of carbonyl (C=O) groups excluding carboxylic acids is 1. The van der Waals surface area contributed by atoms with E-state index in [1.807, 2.05) is 0 Å². The van der Waals surface area contributed by atoms with Gasteiger partial charge in [0.2, 0.25) is 0 Å². The van der Waals surface area contributed by atoms with E-state index in [9.17, 15) is 23.1 Å². The highest BCUT2D eigenvalue weighted by Gasteiger charge is 2.55. The molecule has 1 saturated heterocycles. The average Bonchev–Trinajstić information content (AvgIpc) is 3.46. The summed E-state index contributed by atoms with van der Waals surface area (Å²) in [7, 11) is 0. The molecule has 0 spiro atoms. The Kier molecular flexibility index (Phi) is 4.24. The van der Waals surface area contributed by atoms with Gasteiger partial charge >= 0.3 is 6.18 Å². The highest BCUT2D eigenvalue weighted by atomic mass is 19.4. The molecule has 2 atom stereocenters. The maximum Gasteiger partial charge on any atom is 0.416 e. The van der Waals surface area contributed by atoms with Crippen molar-refractivity contribution in [2.24, 2.45) is 5.92 Å². The van der Waals surface area contributed by atoms with Crippen LogP contribution in [0.1, 0.15) is 42.4 Å². The molecular weight excluding hydrogens is 351 g/mol. The summed E-state index contributed by atoms with van der Waals surface area (Å²) < 4.78 is 44.7. The summed E-state index contributed by atoms with van der Waals surface area (Å²) in [5.41, 5.74) is -0.693. The second-order valence-corrected chi connectivity index (χ2v) is 7.26. The molecule has 5 nitrogen and oxygen atoms in total. The van der Waals surface area contributed by atoms with Gasteiger partial charge in [0, 0.05) is 0 Å². The molecule has 26 heavy (non-hydrogen) atoms. The Morgan fingerprint density at radius 3 is 2.62 bits per heavy atom. The van der Waals surface area contributed by atoms with Crippen LogP contribution in [0.25, 0.3) is 0 Å². The third-order valence-corrected chi connectivity index (χ3v) is 5.43. The van der Waals surface area contributed by atoms with Crippen molar-refractivity contribution in [1.29, 1.82) is 0 Å². The number of amides is 1. The average molecular weight is 371 g/mol. The van der Waals surface area contributed by atoms with E-state index in [1.165, 1.54) is 6.07 Å². The first-order valence-corrected chi connectivity index (χ1v) is 8.75. The minimum Gasteiger partial charge on any atom is -0.391 e. The molecule has 0 aromatic heterocycles. The van der Waals surface area contributed by atoms with E-state index in [2.05, 4.69) is 0 Å². The lowest BCUT2D eigenvalue weighted by atomic mass is 9.86. The molecule has 2 fully saturated rings. The quantitative estimate of drug-likeness (QED) is 0.869. The summed E-state index contributed by atoms with van der Waals surface area (Å²) in [6.45, 7) is 0.0892. The number of nitrogens with zero attached hydrogens (tertiary/aromatic N) is 1. The van der Waals surface area contributed by atoms with Crippen molar-refractivity contribution in [3.05, 3.63) is 34.9 Å². The number of hydroxylamine groups is 2. The lowest BCUT2D eigenvalue weighted by Gasteiger charge is -2.41. The number of aliphatic hydroxyl groups excluding tert-OH is 1. The van der Waals surface area contributed by atoms with Crippen molar-refractivity contribution in [2.45, 2.75) is 56.7 Å². The van der Waals surface area contributed by atoms with Gasteiger partial charge in [0.1, 0.15) is 6.61 Å². The standard InChI is InChI=1S/C18H20F3NO4/c19-18(20,21)14-2-1-11-9-26-22(8-12(11)7-14)16(24)17(13-3-4-13)6-5-15(23)10-25-17/h1-2,7,13,15,23H,3-6,8-10H2/t15?,17-/m0/s1. The molecule has 2 heterocycles. The van der Waals surface area contributed by atoms with Crippen LogP contribution in [0.4, 0.5) is 13.2 Å². The normalized spacial score (nSPS) is 29.4. The van der Waals surface area contributed by atoms with Crippen molar-refractivity contribution in [3.8, 4) is 0 Å². The third kappa shape index (κ3) is 3.10. The van der Waals surface area contributed by atoms with Crippen LogP contribution in [0.5, 0.6) is 0 Å². The van der Waals surface area contributed by atoms with Crippen molar-refractivity contribution in [2.75, 3.05) is 6.61 Å². The van der Waals surface area contributed by atoms with E-state index in [4.69, 9.17) is 9.57 Å². The number of halogens is 3. The van der Waals surface area contributed by atoms with E-state index >= 15 is 0 Å². The Bertz CT molecular complexity index is 709. The Morgan fingerprint density at radius 2 is 2.00 bits per heavy atom. The number of ether oxygens (including phenoxy) is 1. The number of rotatable bonds is 2. The number of fused-ring (bicyclic) bond motifs is 1. The molecule has 2 aliphatic heterocycles. The van der Waals surface area contributed by atoms with Gasteiger partial charge in [-0.2, -0.15) is 13.2 Å². The van der Waals surface area contributed by atoms with Crippen molar-refractivity contribution in [1.82, 2.24) is 5.06 Å². The van der Waals surface area contributed by atoms with Crippen LogP contribution in [0.3, 0.4) is 0 Å². The number of hydrogen-bond acceptors (Lipinski definition) is 4. The predicted octanol–water partition coefficient (Wildman–Crippen LogP) is 2.80. The third-order valence-electron chi connectivity index (χ3n) is 5.43. The first-order chi connectivity index (χ1) is 12.3. The SMILES string of the molecule is O=C(N1Cc2cc(C(F)(F)F)ccc2CO1)[C@@]1(C2CC2)CCC(O)CO1. The van der Waals surface area contributed by atoms with Gasteiger partial charge in [0.25, 0.3) is 5.91 Å². The van der Waals surface area contributed by atoms with Crippen LogP contribution in [-0.4, -0.2) is 34.4 Å². The summed E-state index contributed by atoms with van der Waals surface area (Å²) in [6, 6.07) is 3.49. The Hall–Kier alpha value is -1.64. The highest BCUT2D eigenvalue weighted by molar-refractivity contribution is 5.85. The molecule has 1 aromatic rings. The first-order valence-electron chi connectivity index (χ1n) is 8.75. The largest absolute Gasteiger partial charge is 0.416 e. The molecule has 1 saturated carbocycles. The van der Waals surface area contributed by atoms with Crippen LogP contribution < -0.4 is 0 Å². The molecule has 1 unspecified atom stereocenters. The van der Waals surface area contributed by atoms with E-state index in [-0.39, 0.29) is 31.6 Å². The van der Waals surface area contributed by atoms with Crippen LogP contribution >= 0.6 is 0 Å². The predicted molar refractivity (Wildman–Crippen MR) is 83.4 cm³/mol. The zero-order valence-corrected chi connectivity index (χ0v) is 14.1. The number of benzene rings is 1. The maximum atomic E-state index is 13.1. The Morgan fingerprint density at radius 1 is 1.23 bits per heavy atom. The van der Waals surface area contributed by atoms with Gasteiger partial charge in [0.15, 0.2) is 5.60 Å². The van der Waals surface area contributed by atoms with Gasteiger partial charge in [-0.05, 0) is 54.9 Å². The Balaban J connectivity index is 1.57. The van der Waals surface area contributed by atoms with Gasteiger partial charge in [-0.3, -0.25) is 9.63 Å². The number of hydrogen-bond donors (Lipinski definition) is 1. The van der Waals surface area contributed by atoms with Crippen LogP contribution in [-0.2, 0) is 33.7 Å². The zero-order valence-electron chi connectivity index (χ0n) is 14.1. The second-order valence-electron chi connectivity index (χ2n) is 7.26. The smallest absolute Gasteiger partial charge is 0.391 e. The summed E-state index contributed by atoms with van der Waals surface area (Å²) in [5, 5.41) is 10.8. The van der Waals surface area contributed by atoms with E-state index in [1.54, 1.807) is 0 Å². The summed E-state index contributed by atoms with van der Waals surface area (Å²) in [6.07, 6.45) is -2.43. The topological polar surface area (TPSA) is 59.0 Å². The molecule has 1 N–H and O–H groups in total. The summed E-state index contributed by atoms with van der Waals surface area (Å²) in [5.74, 6) is -0.274. The molecule has 0 radical (unpaired) electrons. The highest BCUT2D eigenvalue weighted by Crippen LogP contribution is 2.48. The van der Waals surface area contributed by atoms with E-state index in [0.717, 1.165) is 30.0 Å². The van der Waals surface area contributed by atoms with E-state index < -0.39 is 23.4 Å². The van der Waals surface area contributed by atoms with Gasteiger partial charge < -0.3 is 9.84 Å². The molecular formula is C18H20F3NO4. The zero-order chi connectivity index (χ0) is 18.5. The first kappa shape index (κ1) is 17.8. The van der Waals surface area contributed by atoms with Crippen molar-refractivity contribution >= 4 is 5.91 Å². The van der Waals surface area contributed by atoms with Crippen LogP contribution in [0.15, 0.2) is 18.2 Å². The van der Waals surface area contributed by atoms with E-state index in [0.29, 0.717) is 24.0 Å². The lowest BCUT2D eigenvalue weighted by Crippen LogP contribution is -2.56. The number of carbonyl (C=O) groups is 1. The van der Waals surface area contributed by atoms with Crippen LogP contribution in [0.2, 0.25) is 0 Å².